The molecule has 0 radical (unpaired) electrons. The van der Waals surface area contributed by atoms with Gasteiger partial charge in [0.15, 0.2) is 0 Å². The Morgan fingerprint density at radius 3 is 2.73 bits per heavy atom. The minimum atomic E-state index is 0.908. The van der Waals surface area contributed by atoms with Crippen molar-refractivity contribution in [2.75, 3.05) is 25.0 Å². The number of aryl methyl sites for hydroxylation is 2. The Kier molecular flexibility index (Phi) is 4.47. The van der Waals surface area contributed by atoms with Gasteiger partial charge in [0.25, 0.3) is 0 Å². The zero-order valence-electron chi connectivity index (χ0n) is 15.6. The molecule has 0 fully saturated rings. The molecule has 0 bridgehead atoms. The van der Waals surface area contributed by atoms with Crippen molar-refractivity contribution in [3.05, 3.63) is 41.9 Å². The van der Waals surface area contributed by atoms with E-state index in [4.69, 9.17) is 0 Å². The van der Waals surface area contributed by atoms with Crippen LogP contribution in [0.2, 0.25) is 0 Å². The van der Waals surface area contributed by atoms with Gasteiger partial charge in [0.2, 0.25) is 0 Å². The van der Waals surface area contributed by atoms with E-state index in [0.717, 1.165) is 37.4 Å². The Morgan fingerprint density at radius 1 is 1.00 bits per heavy atom. The van der Waals surface area contributed by atoms with Crippen molar-refractivity contribution in [1.82, 2.24) is 20.3 Å². The third-order valence-electron chi connectivity index (χ3n) is 5.15. The van der Waals surface area contributed by atoms with Crippen LogP contribution in [-0.2, 0) is 0 Å². The lowest BCUT2D eigenvalue weighted by Crippen LogP contribution is -2.17. The summed E-state index contributed by atoms with van der Waals surface area (Å²) in [6.07, 6.45) is 6.76. The van der Waals surface area contributed by atoms with Crippen molar-refractivity contribution in [1.29, 1.82) is 0 Å². The van der Waals surface area contributed by atoms with E-state index >= 15 is 0 Å². The molecule has 0 atom stereocenters. The summed E-state index contributed by atoms with van der Waals surface area (Å²) in [5.74, 6) is 0.972. The Hall–Kier alpha value is -2.66. The number of hydrogen-bond donors (Lipinski definition) is 3. The Balaban J connectivity index is 1.87. The van der Waals surface area contributed by atoms with Gasteiger partial charge in [-0.1, -0.05) is 6.92 Å². The smallest absolute Gasteiger partial charge is 0.134 e. The Bertz CT molecular complexity index is 1080. The highest BCUT2D eigenvalue weighted by Gasteiger charge is 2.16. The van der Waals surface area contributed by atoms with Crippen LogP contribution in [0.5, 0.6) is 0 Å². The summed E-state index contributed by atoms with van der Waals surface area (Å²) in [7, 11) is 0. The van der Waals surface area contributed by atoms with Gasteiger partial charge >= 0.3 is 0 Å². The quantitative estimate of drug-likeness (QED) is 0.455. The second kappa shape index (κ2) is 6.92. The summed E-state index contributed by atoms with van der Waals surface area (Å²) in [6.45, 7) is 9.44. The fourth-order valence-electron chi connectivity index (χ4n) is 3.85. The molecular formula is C21H25N5. The second-order valence-corrected chi connectivity index (χ2v) is 6.76. The van der Waals surface area contributed by atoms with Crippen LogP contribution in [0.1, 0.15) is 24.5 Å². The van der Waals surface area contributed by atoms with E-state index in [1.165, 1.54) is 38.2 Å². The number of H-pyrrole nitrogens is 1. The minimum Gasteiger partial charge on any atom is -0.370 e. The number of nitrogens with one attached hydrogen (secondary N) is 3. The summed E-state index contributed by atoms with van der Waals surface area (Å²) in [5, 5.41) is 11.8. The standard InChI is InChI=1S/C21H25N5/c1-4-22-8-5-9-24-21-19-14(3)18-16-12-23-10-7-17(16)26-20(18)13(2)15(19)6-11-25-21/h6-7,10-12,22,26H,4-5,8-9H2,1-3H3,(H,24,25). The highest BCUT2D eigenvalue weighted by Crippen LogP contribution is 2.38. The normalized spacial score (nSPS) is 11.7. The van der Waals surface area contributed by atoms with Crippen LogP contribution >= 0.6 is 0 Å². The summed E-state index contributed by atoms with van der Waals surface area (Å²) in [6, 6.07) is 4.15. The summed E-state index contributed by atoms with van der Waals surface area (Å²) < 4.78 is 0. The van der Waals surface area contributed by atoms with E-state index in [1.54, 1.807) is 0 Å². The minimum absolute atomic E-state index is 0.908. The predicted molar refractivity (Wildman–Crippen MR) is 110 cm³/mol. The maximum absolute atomic E-state index is 4.64. The number of aromatic nitrogens is 3. The highest BCUT2D eigenvalue weighted by atomic mass is 15.0. The van der Waals surface area contributed by atoms with Crippen LogP contribution in [-0.4, -0.2) is 34.6 Å². The lowest BCUT2D eigenvalue weighted by molar-refractivity contribution is 0.688. The Labute approximate surface area is 153 Å². The number of anilines is 1. The lowest BCUT2D eigenvalue weighted by Gasteiger charge is -2.14. The zero-order valence-corrected chi connectivity index (χ0v) is 15.6. The second-order valence-electron chi connectivity index (χ2n) is 6.76. The number of aromatic amines is 1. The van der Waals surface area contributed by atoms with Crippen molar-refractivity contribution >= 4 is 38.4 Å². The first-order chi connectivity index (χ1) is 12.7. The fraction of sp³-hybridized carbons (Fsp3) is 0.333. The molecule has 4 rings (SSSR count). The van der Waals surface area contributed by atoms with Crippen LogP contribution in [0.15, 0.2) is 30.7 Å². The molecule has 0 spiro atoms. The molecule has 0 unspecified atom stereocenters. The van der Waals surface area contributed by atoms with E-state index in [9.17, 15) is 0 Å². The monoisotopic (exact) mass is 347 g/mol. The average Bonchev–Trinajstić information content (AvgIpc) is 3.06. The number of nitrogens with zero attached hydrogens (tertiary/aromatic N) is 2. The molecule has 0 aliphatic carbocycles. The van der Waals surface area contributed by atoms with Crippen LogP contribution in [0.3, 0.4) is 0 Å². The lowest BCUT2D eigenvalue weighted by atomic mass is 9.96. The first kappa shape index (κ1) is 16.8. The summed E-state index contributed by atoms with van der Waals surface area (Å²) in [5.41, 5.74) is 4.84. The van der Waals surface area contributed by atoms with Gasteiger partial charge in [-0.15, -0.1) is 0 Å². The van der Waals surface area contributed by atoms with Gasteiger partial charge in [0.1, 0.15) is 5.82 Å². The fourth-order valence-corrected chi connectivity index (χ4v) is 3.85. The number of rotatable bonds is 6. The molecule has 0 amide bonds. The molecule has 3 heterocycles. The molecule has 0 aliphatic heterocycles. The topological polar surface area (TPSA) is 65.6 Å². The third-order valence-corrected chi connectivity index (χ3v) is 5.15. The van der Waals surface area contributed by atoms with E-state index in [1.807, 2.05) is 24.7 Å². The molecule has 0 saturated carbocycles. The Morgan fingerprint density at radius 2 is 1.88 bits per heavy atom. The van der Waals surface area contributed by atoms with Gasteiger partial charge < -0.3 is 15.6 Å². The van der Waals surface area contributed by atoms with Crippen molar-refractivity contribution in [3.63, 3.8) is 0 Å². The van der Waals surface area contributed by atoms with E-state index in [0.29, 0.717) is 0 Å². The average molecular weight is 347 g/mol. The van der Waals surface area contributed by atoms with Gasteiger partial charge in [0, 0.05) is 46.8 Å². The molecule has 5 heteroatoms. The largest absolute Gasteiger partial charge is 0.370 e. The molecule has 3 aromatic heterocycles. The van der Waals surface area contributed by atoms with E-state index < -0.39 is 0 Å². The molecule has 0 saturated heterocycles. The van der Waals surface area contributed by atoms with Crippen LogP contribution < -0.4 is 10.6 Å². The summed E-state index contributed by atoms with van der Waals surface area (Å²) >= 11 is 0. The van der Waals surface area contributed by atoms with E-state index in [2.05, 4.69) is 52.4 Å². The van der Waals surface area contributed by atoms with Gasteiger partial charge in [-0.05, 0) is 62.0 Å². The number of hydrogen-bond acceptors (Lipinski definition) is 4. The van der Waals surface area contributed by atoms with E-state index in [-0.39, 0.29) is 0 Å². The first-order valence-corrected chi connectivity index (χ1v) is 9.30. The van der Waals surface area contributed by atoms with Gasteiger partial charge in [0.05, 0.1) is 5.52 Å². The van der Waals surface area contributed by atoms with Crippen LogP contribution in [0, 0.1) is 13.8 Å². The van der Waals surface area contributed by atoms with Crippen LogP contribution in [0.4, 0.5) is 5.82 Å². The molecular weight excluding hydrogens is 322 g/mol. The first-order valence-electron chi connectivity index (χ1n) is 9.30. The molecule has 0 aliphatic rings. The van der Waals surface area contributed by atoms with Crippen LogP contribution in [0.25, 0.3) is 32.6 Å². The maximum Gasteiger partial charge on any atom is 0.134 e. The predicted octanol–water partition coefficient (Wildman–Crippen LogP) is 4.29. The number of fused-ring (bicyclic) bond motifs is 4. The van der Waals surface area contributed by atoms with Crippen molar-refractivity contribution in [2.45, 2.75) is 27.2 Å². The molecule has 1 aromatic carbocycles. The third kappa shape index (κ3) is 2.69. The van der Waals surface area contributed by atoms with Crippen molar-refractivity contribution < 1.29 is 0 Å². The SMILES string of the molecule is CCNCCCNc1nccc2c(C)c3[nH]c4ccncc4c3c(C)c12. The molecule has 134 valence electrons. The molecule has 3 N–H and O–H groups in total. The number of pyridine rings is 2. The van der Waals surface area contributed by atoms with Crippen molar-refractivity contribution in [3.8, 4) is 0 Å². The summed E-state index contributed by atoms with van der Waals surface area (Å²) in [4.78, 5) is 12.5. The zero-order chi connectivity index (χ0) is 18.1. The van der Waals surface area contributed by atoms with Gasteiger partial charge in [-0.2, -0.15) is 0 Å². The van der Waals surface area contributed by atoms with Gasteiger partial charge in [-0.3, -0.25) is 4.98 Å². The highest BCUT2D eigenvalue weighted by molar-refractivity contribution is 6.17. The molecule has 4 aromatic rings. The van der Waals surface area contributed by atoms with Gasteiger partial charge in [-0.25, -0.2) is 4.98 Å². The maximum atomic E-state index is 4.64. The molecule has 26 heavy (non-hydrogen) atoms. The number of benzene rings is 1. The molecule has 5 nitrogen and oxygen atoms in total. The van der Waals surface area contributed by atoms with Crippen molar-refractivity contribution in [2.24, 2.45) is 0 Å².